The van der Waals surface area contributed by atoms with E-state index in [1.54, 1.807) is 11.3 Å². The van der Waals surface area contributed by atoms with Gasteiger partial charge in [-0.15, -0.1) is 23.7 Å². The predicted octanol–water partition coefficient (Wildman–Crippen LogP) is 2.70. The second-order valence-electron chi connectivity index (χ2n) is 5.99. The van der Waals surface area contributed by atoms with Gasteiger partial charge in [-0.2, -0.15) is 0 Å². The number of rotatable bonds is 4. The van der Waals surface area contributed by atoms with Crippen LogP contribution in [0.25, 0.3) is 0 Å². The van der Waals surface area contributed by atoms with Crippen molar-refractivity contribution >= 4 is 29.7 Å². The van der Waals surface area contributed by atoms with Gasteiger partial charge in [0.25, 0.3) is 5.91 Å². The summed E-state index contributed by atoms with van der Waals surface area (Å²) in [5.74, 6) is 0.993. The molecule has 4 nitrogen and oxygen atoms in total. The Bertz CT molecular complexity index is 475. The van der Waals surface area contributed by atoms with Crippen molar-refractivity contribution in [2.24, 2.45) is 5.92 Å². The quantitative estimate of drug-likeness (QED) is 0.913. The first-order valence-electron chi connectivity index (χ1n) is 7.91. The lowest BCUT2D eigenvalue weighted by Crippen LogP contribution is -2.38. The van der Waals surface area contributed by atoms with Crippen LogP contribution in [0, 0.1) is 5.92 Å². The number of fused-ring (bicyclic) bond motifs is 1. The molecule has 1 aromatic heterocycles. The summed E-state index contributed by atoms with van der Waals surface area (Å²) in [5.41, 5.74) is 1.22. The molecular weight excluding hydrogens is 320 g/mol. The number of hydrogen-bond acceptors (Lipinski definition) is 4. The van der Waals surface area contributed by atoms with Gasteiger partial charge >= 0.3 is 0 Å². The number of hydrogen-bond donors (Lipinski definition) is 1. The average Bonchev–Trinajstić information content (AvgIpc) is 2.96. The molecule has 0 aromatic carbocycles. The third kappa shape index (κ3) is 4.02. The minimum absolute atomic E-state index is 0. The minimum atomic E-state index is 0. The van der Waals surface area contributed by atoms with Gasteiger partial charge in [0.15, 0.2) is 0 Å². The first-order chi connectivity index (χ1) is 10.3. The third-order valence-corrected chi connectivity index (χ3v) is 5.77. The van der Waals surface area contributed by atoms with Gasteiger partial charge in [0, 0.05) is 24.4 Å². The molecular formula is C16H25ClN2O2S. The molecule has 6 heteroatoms. The summed E-state index contributed by atoms with van der Waals surface area (Å²) in [4.78, 5) is 16.9. The standard InChI is InChI=1S/C16H24N2O2S.ClH/c1-17-6-2-12-3-7-18(8-4-12)16(19)15-10-13-11-20-9-5-14(13)21-15;/h10,12,17H,2-9,11H2,1H3;1H. The fourth-order valence-electron chi connectivity index (χ4n) is 3.18. The molecule has 0 atom stereocenters. The number of amides is 1. The molecule has 0 saturated carbocycles. The summed E-state index contributed by atoms with van der Waals surface area (Å²) in [6.45, 7) is 4.36. The topological polar surface area (TPSA) is 41.6 Å². The van der Waals surface area contributed by atoms with Gasteiger partial charge in [0.2, 0.25) is 0 Å². The molecule has 0 unspecified atom stereocenters. The Morgan fingerprint density at radius 1 is 1.45 bits per heavy atom. The first kappa shape index (κ1) is 17.7. The van der Waals surface area contributed by atoms with Crippen molar-refractivity contribution in [3.8, 4) is 0 Å². The fraction of sp³-hybridized carbons (Fsp3) is 0.688. The zero-order valence-corrected chi connectivity index (χ0v) is 14.7. The average molecular weight is 345 g/mol. The number of carbonyl (C=O) groups excluding carboxylic acids is 1. The van der Waals surface area contributed by atoms with E-state index in [0.29, 0.717) is 6.61 Å². The van der Waals surface area contributed by atoms with Crippen molar-refractivity contribution in [1.82, 2.24) is 10.2 Å². The van der Waals surface area contributed by atoms with Gasteiger partial charge in [-0.25, -0.2) is 0 Å². The molecule has 0 bridgehead atoms. The fourth-order valence-corrected chi connectivity index (χ4v) is 4.30. The maximum atomic E-state index is 12.6. The molecule has 2 aliphatic rings. The smallest absolute Gasteiger partial charge is 0.263 e. The second kappa shape index (κ2) is 8.29. The molecule has 1 aromatic rings. The van der Waals surface area contributed by atoms with Gasteiger partial charge in [0.05, 0.1) is 18.1 Å². The molecule has 3 rings (SSSR count). The van der Waals surface area contributed by atoms with E-state index in [4.69, 9.17) is 4.74 Å². The van der Waals surface area contributed by atoms with E-state index in [9.17, 15) is 4.79 Å². The highest BCUT2D eigenvalue weighted by molar-refractivity contribution is 7.14. The normalized spacial score (nSPS) is 18.7. The molecule has 0 radical (unpaired) electrons. The van der Waals surface area contributed by atoms with Crippen molar-refractivity contribution in [1.29, 1.82) is 0 Å². The van der Waals surface area contributed by atoms with Crippen LogP contribution in [0.3, 0.4) is 0 Å². The number of carbonyl (C=O) groups is 1. The van der Waals surface area contributed by atoms with E-state index in [2.05, 4.69) is 11.4 Å². The van der Waals surface area contributed by atoms with Gasteiger partial charge in [-0.05, 0) is 50.4 Å². The van der Waals surface area contributed by atoms with E-state index in [0.717, 1.165) is 56.3 Å². The van der Waals surface area contributed by atoms with E-state index >= 15 is 0 Å². The number of nitrogens with zero attached hydrogens (tertiary/aromatic N) is 1. The van der Waals surface area contributed by atoms with Crippen LogP contribution in [-0.4, -0.2) is 44.1 Å². The highest BCUT2D eigenvalue weighted by Gasteiger charge is 2.25. The minimum Gasteiger partial charge on any atom is -0.376 e. The molecule has 2 aliphatic heterocycles. The highest BCUT2D eigenvalue weighted by Crippen LogP contribution is 2.29. The molecule has 0 aliphatic carbocycles. The van der Waals surface area contributed by atoms with Crippen LogP contribution < -0.4 is 5.32 Å². The zero-order valence-electron chi connectivity index (χ0n) is 13.1. The Kier molecular flexibility index (Phi) is 6.68. The Balaban J connectivity index is 0.00000176. The van der Waals surface area contributed by atoms with Crippen LogP contribution in [0.15, 0.2) is 6.07 Å². The van der Waals surface area contributed by atoms with Crippen LogP contribution in [0.1, 0.15) is 39.4 Å². The van der Waals surface area contributed by atoms with Crippen LogP contribution in [-0.2, 0) is 17.8 Å². The van der Waals surface area contributed by atoms with E-state index in [-0.39, 0.29) is 18.3 Å². The number of nitrogens with one attached hydrogen (secondary N) is 1. The SMILES string of the molecule is CNCCC1CCN(C(=O)c2cc3c(s2)CCOC3)CC1.Cl. The number of piperidine rings is 1. The van der Waals surface area contributed by atoms with E-state index in [1.165, 1.54) is 16.9 Å². The Hall–Kier alpha value is -0.620. The largest absolute Gasteiger partial charge is 0.376 e. The van der Waals surface area contributed by atoms with Gasteiger partial charge in [-0.3, -0.25) is 4.79 Å². The third-order valence-electron chi connectivity index (χ3n) is 4.54. The monoisotopic (exact) mass is 344 g/mol. The summed E-state index contributed by atoms with van der Waals surface area (Å²) in [6.07, 6.45) is 4.46. The predicted molar refractivity (Wildman–Crippen MR) is 92.1 cm³/mol. The van der Waals surface area contributed by atoms with E-state index < -0.39 is 0 Å². The van der Waals surface area contributed by atoms with Crippen LogP contribution in [0.5, 0.6) is 0 Å². The maximum Gasteiger partial charge on any atom is 0.263 e. The van der Waals surface area contributed by atoms with Gasteiger partial charge in [0.1, 0.15) is 0 Å². The molecule has 3 heterocycles. The Morgan fingerprint density at radius 3 is 2.91 bits per heavy atom. The van der Waals surface area contributed by atoms with E-state index in [1.807, 2.05) is 11.9 Å². The van der Waals surface area contributed by atoms with Crippen LogP contribution in [0.4, 0.5) is 0 Å². The number of ether oxygens (including phenoxy) is 1. The molecule has 1 fully saturated rings. The van der Waals surface area contributed by atoms with Crippen molar-refractivity contribution in [2.75, 3.05) is 33.3 Å². The van der Waals surface area contributed by atoms with Crippen molar-refractivity contribution in [2.45, 2.75) is 32.3 Å². The Morgan fingerprint density at radius 2 is 2.23 bits per heavy atom. The number of thiophene rings is 1. The molecule has 1 amide bonds. The molecule has 22 heavy (non-hydrogen) atoms. The lowest BCUT2D eigenvalue weighted by atomic mass is 9.93. The second-order valence-corrected chi connectivity index (χ2v) is 7.13. The number of halogens is 1. The van der Waals surface area contributed by atoms with Crippen molar-refractivity contribution < 1.29 is 9.53 Å². The van der Waals surface area contributed by atoms with Gasteiger partial charge in [-0.1, -0.05) is 0 Å². The molecule has 124 valence electrons. The molecule has 1 N–H and O–H groups in total. The lowest BCUT2D eigenvalue weighted by molar-refractivity contribution is 0.0692. The summed E-state index contributed by atoms with van der Waals surface area (Å²) in [6, 6.07) is 2.05. The lowest BCUT2D eigenvalue weighted by Gasteiger charge is -2.31. The van der Waals surface area contributed by atoms with Crippen LogP contribution in [0.2, 0.25) is 0 Å². The van der Waals surface area contributed by atoms with Crippen LogP contribution >= 0.6 is 23.7 Å². The van der Waals surface area contributed by atoms with Crippen molar-refractivity contribution in [3.05, 3.63) is 21.4 Å². The molecule has 0 spiro atoms. The van der Waals surface area contributed by atoms with Crippen molar-refractivity contribution in [3.63, 3.8) is 0 Å². The maximum absolute atomic E-state index is 12.6. The van der Waals surface area contributed by atoms with Gasteiger partial charge < -0.3 is 15.0 Å². The Labute approximate surface area is 142 Å². The summed E-state index contributed by atoms with van der Waals surface area (Å²) in [7, 11) is 2.00. The number of likely N-dealkylation sites (tertiary alicyclic amines) is 1. The summed E-state index contributed by atoms with van der Waals surface area (Å²) >= 11 is 1.67. The highest BCUT2D eigenvalue weighted by atomic mass is 35.5. The zero-order chi connectivity index (χ0) is 14.7. The molecule has 1 saturated heterocycles. The first-order valence-corrected chi connectivity index (χ1v) is 8.73. The summed E-state index contributed by atoms with van der Waals surface area (Å²) in [5, 5.41) is 3.21. The summed E-state index contributed by atoms with van der Waals surface area (Å²) < 4.78 is 5.46.